The number of hydrogen-bond acceptors (Lipinski definition) is 4. The summed E-state index contributed by atoms with van der Waals surface area (Å²) >= 11 is 0. The average Bonchev–Trinajstić information content (AvgIpc) is 3.10. The van der Waals surface area contributed by atoms with Crippen LogP contribution >= 0.6 is 0 Å². The van der Waals surface area contributed by atoms with E-state index in [0.29, 0.717) is 24.0 Å². The summed E-state index contributed by atoms with van der Waals surface area (Å²) < 4.78 is 34.7. The second-order valence-electron chi connectivity index (χ2n) is 6.84. The van der Waals surface area contributed by atoms with E-state index in [1.165, 1.54) is 12.1 Å². The van der Waals surface area contributed by atoms with Gasteiger partial charge in [-0.3, -0.25) is 4.79 Å². The van der Waals surface area contributed by atoms with Crippen molar-refractivity contribution >= 4 is 26.8 Å². The number of carbonyl (C=O) groups excluding carboxylic acids is 1. The highest BCUT2D eigenvalue weighted by molar-refractivity contribution is 7.90. The van der Waals surface area contributed by atoms with Crippen molar-refractivity contribution in [3.63, 3.8) is 0 Å². The zero-order chi connectivity index (χ0) is 20.3. The maximum Gasteiger partial charge on any atom is 0.265 e. The first-order valence-corrected chi connectivity index (χ1v) is 10.7. The number of ether oxygens (including phenoxy) is 1. The number of nitrogens with one attached hydrogen (secondary N) is 1. The van der Waals surface area contributed by atoms with Crippen LogP contribution in [0.2, 0.25) is 0 Å². The molecule has 1 amide bonds. The van der Waals surface area contributed by atoms with E-state index in [0.717, 1.165) is 17.3 Å². The van der Waals surface area contributed by atoms with Crippen LogP contribution < -0.4 is 9.46 Å². The Bertz CT molecular complexity index is 1080. The lowest BCUT2D eigenvalue weighted by Gasteiger charge is -2.10. The Labute approximate surface area is 165 Å². The molecule has 0 aliphatic heterocycles. The molecule has 3 aromatic rings. The van der Waals surface area contributed by atoms with E-state index in [2.05, 4.69) is 23.1 Å². The zero-order valence-corrected chi connectivity index (χ0v) is 17.0. The van der Waals surface area contributed by atoms with Gasteiger partial charge >= 0.3 is 0 Å². The van der Waals surface area contributed by atoms with Crippen molar-refractivity contribution in [2.45, 2.75) is 38.1 Å². The van der Waals surface area contributed by atoms with Crippen molar-refractivity contribution < 1.29 is 17.9 Å². The SMILES string of the molecule is CCCOc1ccc(S(=O)(=O)NC(=O)c2ccc3c(ccn3C(C)C)c2)cc1. The van der Waals surface area contributed by atoms with Gasteiger partial charge in [-0.1, -0.05) is 6.92 Å². The predicted molar refractivity (Wildman–Crippen MR) is 109 cm³/mol. The van der Waals surface area contributed by atoms with Crippen LogP contribution in [0.15, 0.2) is 59.6 Å². The van der Waals surface area contributed by atoms with Crippen LogP contribution in [0, 0.1) is 0 Å². The second-order valence-corrected chi connectivity index (χ2v) is 8.53. The van der Waals surface area contributed by atoms with E-state index in [-0.39, 0.29) is 4.90 Å². The van der Waals surface area contributed by atoms with Gasteiger partial charge in [-0.15, -0.1) is 0 Å². The summed E-state index contributed by atoms with van der Waals surface area (Å²) in [5.41, 5.74) is 1.29. The minimum absolute atomic E-state index is 0.0109. The van der Waals surface area contributed by atoms with E-state index in [1.54, 1.807) is 24.3 Å². The molecule has 3 rings (SSSR count). The Balaban J connectivity index is 1.78. The van der Waals surface area contributed by atoms with Crippen LogP contribution in [0.4, 0.5) is 0 Å². The first kappa shape index (κ1) is 19.9. The minimum Gasteiger partial charge on any atom is -0.494 e. The zero-order valence-electron chi connectivity index (χ0n) is 16.2. The summed E-state index contributed by atoms with van der Waals surface area (Å²) in [7, 11) is -3.97. The summed E-state index contributed by atoms with van der Waals surface area (Å²) in [6, 6.07) is 13.4. The van der Waals surface area contributed by atoms with Crippen LogP contribution in [-0.2, 0) is 10.0 Å². The highest BCUT2D eigenvalue weighted by atomic mass is 32.2. The summed E-state index contributed by atoms with van der Waals surface area (Å²) in [5, 5.41) is 0.885. The number of benzene rings is 2. The molecule has 0 unspecified atom stereocenters. The lowest BCUT2D eigenvalue weighted by atomic mass is 10.1. The standard InChI is InChI=1S/C21H24N2O4S/c1-4-13-27-18-6-8-19(9-7-18)28(25,26)22-21(24)17-5-10-20-16(14-17)11-12-23(20)15(2)3/h5-12,14-15H,4,13H2,1-3H3,(H,22,24). The lowest BCUT2D eigenvalue weighted by Crippen LogP contribution is -2.30. The van der Waals surface area contributed by atoms with Gasteiger partial charge in [0.15, 0.2) is 0 Å². The topological polar surface area (TPSA) is 77.4 Å². The van der Waals surface area contributed by atoms with Crippen LogP contribution in [0.5, 0.6) is 5.75 Å². The molecule has 1 aromatic heterocycles. The summed E-state index contributed by atoms with van der Waals surface area (Å²) in [4.78, 5) is 12.5. The maximum atomic E-state index is 12.5. The van der Waals surface area contributed by atoms with Crippen LogP contribution in [0.1, 0.15) is 43.6 Å². The number of carbonyl (C=O) groups is 1. The third-order valence-corrected chi connectivity index (χ3v) is 5.72. The van der Waals surface area contributed by atoms with Crippen LogP contribution in [0.3, 0.4) is 0 Å². The number of fused-ring (bicyclic) bond motifs is 1. The van der Waals surface area contributed by atoms with Gasteiger partial charge in [0.1, 0.15) is 5.75 Å². The van der Waals surface area contributed by atoms with E-state index in [4.69, 9.17) is 4.74 Å². The molecule has 0 bridgehead atoms. The first-order valence-electron chi connectivity index (χ1n) is 9.22. The Kier molecular flexibility index (Phi) is 5.74. The molecule has 0 spiro atoms. The molecule has 0 saturated heterocycles. The fourth-order valence-corrected chi connectivity index (χ4v) is 3.90. The molecule has 0 fully saturated rings. The third-order valence-electron chi connectivity index (χ3n) is 4.37. The molecule has 1 heterocycles. The quantitative estimate of drug-likeness (QED) is 0.647. The molecular weight excluding hydrogens is 376 g/mol. The van der Waals surface area contributed by atoms with E-state index in [9.17, 15) is 13.2 Å². The Hall–Kier alpha value is -2.80. The van der Waals surface area contributed by atoms with E-state index < -0.39 is 15.9 Å². The van der Waals surface area contributed by atoms with Gasteiger partial charge in [-0.25, -0.2) is 13.1 Å². The van der Waals surface area contributed by atoms with E-state index >= 15 is 0 Å². The Morgan fingerprint density at radius 3 is 2.46 bits per heavy atom. The number of nitrogens with zero attached hydrogens (tertiary/aromatic N) is 1. The van der Waals surface area contributed by atoms with Gasteiger partial charge in [0.05, 0.1) is 11.5 Å². The summed E-state index contributed by atoms with van der Waals surface area (Å²) in [6.07, 6.45) is 2.82. The number of hydrogen-bond donors (Lipinski definition) is 1. The molecule has 0 saturated carbocycles. The number of rotatable bonds is 7. The highest BCUT2D eigenvalue weighted by Crippen LogP contribution is 2.22. The minimum atomic E-state index is -3.97. The fraction of sp³-hybridized carbons (Fsp3) is 0.286. The third kappa shape index (κ3) is 4.20. The predicted octanol–water partition coefficient (Wildman–Crippen LogP) is 4.13. The first-order chi connectivity index (χ1) is 13.3. The smallest absolute Gasteiger partial charge is 0.265 e. The molecule has 0 atom stereocenters. The van der Waals surface area contributed by atoms with Crippen LogP contribution in [0.25, 0.3) is 10.9 Å². The summed E-state index contributed by atoms with van der Waals surface area (Å²) in [6.45, 7) is 6.70. The number of aromatic nitrogens is 1. The van der Waals surface area contributed by atoms with Crippen molar-refractivity contribution in [3.05, 3.63) is 60.3 Å². The molecule has 0 aliphatic carbocycles. The van der Waals surface area contributed by atoms with Gasteiger partial charge in [0.2, 0.25) is 0 Å². The average molecular weight is 401 g/mol. The van der Waals surface area contributed by atoms with Crippen molar-refractivity contribution in [2.75, 3.05) is 6.61 Å². The lowest BCUT2D eigenvalue weighted by molar-refractivity contribution is 0.0981. The molecule has 28 heavy (non-hydrogen) atoms. The van der Waals surface area contributed by atoms with Crippen molar-refractivity contribution in [3.8, 4) is 5.75 Å². The second kappa shape index (κ2) is 8.06. The highest BCUT2D eigenvalue weighted by Gasteiger charge is 2.19. The molecule has 6 nitrogen and oxygen atoms in total. The molecule has 0 aliphatic rings. The van der Waals surface area contributed by atoms with Crippen molar-refractivity contribution in [2.24, 2.45) is 0 Å². The molecule has 1 N–H and O–H groups in total. The molecule has 0 radical (unpaired) electrons. The fourth-order valence-electron chi connectivity index (χ4n) is 2.93. The molecule has 2 aromatic carbocycles. The monoisotopic (exact) mass is 400 g/mol. The van der Waals surface area contributed by atoms with Gasteiger partial charge in [0, 0.05) is 28.7 Å². The van der Waals surface area contributed by atoms with E-state index in [1.807, 2.05) is 25.3 Å². The number of amides is 1. The largest absolute Gasteiger partial charge is 0.494 e. The van der Waals surface area contributed by atoms with Crippen molar-refractivity contribution in [1.82, 2.24) is 9.29 Å². The number of sulfonamides is 1. The molecule has 7 heteroatoms. The van der Waals surface area contributed by atoms with Crippen molar-refractivity contribution in [1.29, 1.82) is 0 Å². The van der Waals surface area contributed by atoms with Gasteiger partial charge in [-0.05, 0) is 68.8 Å². The maximum absolute atomic E-state index is 12.5. The van der Waals surface area contributed by atoms with Gasteiger partial charge < -0.3 is 9.30 Å². The van der Waals surface area contributed by atoms with Gasteiger partial charge in [0.25, 0.3) is 15.9 Å². The van der Waals surface area contributed by atoms with Crippen LogP contribution in [-0.4, -0.2) is 25.5 Å². The summed E-state index contributed by atoms with van der Waals surface area (Å²) in [5.74, 6) is -0.0715. The van der Waals surface area contributed by atoms with Gasteiger partial charge in [-0.2, -0.15) is 0 Å². The molecule has 148 valence electrons. The normalized spacial score (nSPS) is 11.7. The molecular formula is C21H24N2O4S. The Morgan fingerprint density at radius 2 is 1.82 bits per heavy atom. The Morgan fingerprint density at radius 1 is 1.11 bits per heavy atom.